The number of carbonyl (C=O) groups excluding carboxylic acids is 1. The summed E-state index contributed by atoms with van der Waals surface area (Å²) in [4.78, 5) is 19.1. The molecule has 0 saturated carbocycles. The van der Waals surface area contributed by atoms with Crippen molar-refractivity contribution in [2.24, 2.45) is 0 Å². The third-order valence-electron chi connectivity index (χ3n) is 4.32. The topological polar surface area (TPSA) is 45.2 Å². The summed E-state index contributed by atoms with van der Waals surface area (Å²) in [5.74, 6) is -0.0467. The van der Waals surface area contributed by atoms with E-state index in [0.717, 1.165) is 11.3 Å². The molecular formula is C20H15Cl2N3O. The Bertz CT molecular complexity index is 962. The number of nitrogens with zero attached hydrogens (tertiary/aromatic N) is 2. The van der Waals surface area contributed by atoms with E-state index in [1.165, 1.54) is 0 Å². The number of hydrogen-bond donors (Lipinski definition) is 1. The van der Waals surface area contributed by atoms with Gasteiger partial charge in [0, 0.05) is 18.4 Å². The van der Waals surface area contributed by atoms with Crippen LogP contribution < -0.4 is 5.32 Å². The number of carbonyl (C=O) groups is 1. The number of halogens is 2. The van der Waals surface area contributed by atoms with E-state index in [1.807, 2.05) is 36.4 Å². The maximum Gasteiger partial charge on any atom is 0.258 e. The van der Waals surface area contributed by atoms with Crippen LogP contribution in [0.2, 0.25) is 10.0 Å². The lowest BCUT2D eigenvalue weighted by Gasteiger charge is -2.26. The molecule has 4 nitrogen and oxygen atoms in total. The molecule has 1 aliphatic rings. The van der Waals surface area contributed by atoms with Gasteiger partial charge >= 0.3 is 0 Å². The third kappa shape index (κ3) is 3.14. The van der Waals surface area contributed by atoms with Crippen LogP contribution in [0, 0.1) is 0 Å². The predicted molar refractivity (Wildman–Crippen MR) is 103 cm³/mol. The van der Waals surface area contributed by atoms with Crippen molar-refractivity contribution in [1.29, 1.82) is 0 Å². The molecule has 6 heteroatoms. The Balaban J connectivity index is 1.69. The van der Waals surface area contributed by atoms with Crippen LogP contribution in [0.1, 0.15) is 27.8 Å². The molecule has 4 rings (SSSR count). The van der Waals surface area contributed by atoms with E-state index in [0.29, 0.717) is 27.8 Å². The van der Waals surface area contributed by atoms with E-state index in [-0.39, 0.29) is 12.1 Å². The van der Waals surface area contributed by atoms with Gasteiger partial charge in [-0.2, -0.15) is 0 Å². The van der Waals surface area contributed by atoms with Crippen LogP contribution in [0.25, 0.3) is 0 Å². The number of aromatic nitrogens is 1. The number of pyridine rings is 1. The number of benzene rings is 2. The van der Waals surface area contributed by atoms with Crippen molar-refractivity contribution in [1.82, 2.24) is 9.88 Å². The molecule has 1 amide bonds. The highest BCUT2D eigenvalue weighted by atomic mass is 35.5. The highest BCUT2D eigenvalue weighted by Crippen LogP contribution is 2.35. The first-order chi connectivity index (χ1) is 12.6. The van der Waals surface area contributed by atoms with Gasteiger partial charge in [0.2, 0.25) is 0 Å². The second-order valence-corrected chi connectivity index (χ2v) is 6.85. The molecule has 1 aromatic heterocycles. The van der Waals surface area contributed by atoms with Gasteiger partial charge in [-0.05, 0) is 35.9 Å². The van der Waals surface area contributed by atoms with Gasteiger partial charge in [0.15, 0.2) is 0 Å². The molecule has 0 aliphatic carbocycles. The number of anilines is 1. The first kappa shape index (κ1) is 16.9. The Morgan fingerprint density at radius 3 is 2.58 bits per heavy atom. The van der Waals surface area contributed by atoms with Crippen LogP contribution in [-0.2, 0) is 6.54 Å². The van der Waals surface area contributed by atoms with Crippen molar-refractivity contribution >= 4 is 34.8 Å². The maximum absolute atomic E-state index is 12.9. The highest BCUT2D eigenvalue weighted by Gasteiger charge is 2.37. The smallest absolute Gasteiger partial charge is 0.258 e. The van der Waals surface area contributed by atoms with Crippen LogP contribution >= 0.6 is 23.2 Å². The van der Waals surface area contributed by atoms with Gasteiger partial charge in [0.1, 0.15) is 6.17 Å². The molecule has 0 bridgehead atoms. The Morgan fingerprint density at radius 1 is 1.00 bits per heavy atom. The minimum Gasteiger partial charge on any atom is -0.360 e. The summed E-state index contributed by atoms with van der Waals surface area (Å²) in [7, 11) is 0. The van der Waals surface area contributed by atoms with E-state index in [1.54, 1.807) is 35.4 Å². The van der Waals surface area contributed by atoms with Gasteiger partial charge in [-0.1, -0.05) is 53.5 Å². The normalized spacial score (nSPS) is 15.8. The second-order valence-electron chi connectivity index (χ2n) is 6.03. The number of nitrogens with one attached hydrogen (secondary N) is 1. The quantitative estimate of drug-likeness (QED) is 0.676. The molecule has 1 atom stereocenters. The summed E-state index contributed by atoms with van der Waals surface area (Å²) in [6, 6.07) is 18.8. The Hall–Kier alpha value is -2.56. The molecule has 0 fully saturated rings. The minimum absolute atomic E-state index is 0.0467. The summed E-state index contributed by atoms with van der Waals surface area (Å²) in [6.45, 7) is 0.481. The molecule has 0 spiro atoms. The van der Waals surface area contributed by atoms with E-state index >= 15 is 0 Å². The highest BCUT2D eigenvalue weighted by molar-refractivity contribution is 6.42. The van der Waals surface area contributed by atoms with Gasteiger partial charge in [0.25, 0.3) is 5.91 Å². The zero-order valence-electron chi connectivity index (χ0n) is 13.7. The molecule has 1 N–H and O–H groups in total. The van der Waals surface area contributed by atoms with Crippen molar-refractivity contribution in [3.8, 4) is 0 Å². The monoisotopic (exact) mass is 383 g/mol. The standard InChI is InChI=1S/C20H15Cl2N3O/c21-16-9-8-14(11-17(16)22)24-19-18-15(7-4-10-23-18)20(26)25(19)12-13-5-2-1-3-6-13/h1-11,19,24H,12H2/t19-/m1/s1. The van der Waals surface area contributed by atoms with Crippen molar-refractivity contribution in [2.75, 3.05) is 5.32 Å². The lowest BCUT2D eigenvalue weighted by molar-refractivity contribution is 0.0728. The summed E-state index contributed by atoms with van der Waals surface area (Å²) < 4.78 is 0. The predicted octanol–water partition coefficient (Wildman–Crippen LogP) is 5.16. The number of fused-ring (bicyclic) bond motifs is 1. The van der Waals surface area contributed by atoms with Crippen LogP contribution in [0.3, 0.4) is 0 Å². The zero-order chi connectivity index (χ0) is 18.1. The van der Waals surface area contributed by atoms with Crippen LogP contribution in [-0.4, -0.2) is 15.8 Å². The lowest BCUT2D eigenvalue weighted by Crippen LogP contribution is -2.32. The zero-order valence-corrected chi connectivity index (χ0v) is 15.2. The first-order valence-electron chi connectivity index (χ1n) is 8.15. The molecule has 0 radical (unpaired) electrons. The minimum atomic E-state index is -0.379. The van der Waals surface area contributed by atoms with E-state index < -0.39 is 0 Å². The van der Waals surface area contributed by atoms with Crippen LogP contribution in [0.5, 0.6) is 0 Å². The van der Waals surface area contributed by atoms with Crippen molar-refractivity contribution in [3.05, 3.63) is 93.7 Å². The Morgan fingerprint density at radius 2 is 1.81 bits per heavy atom. The summed E-state index contributed by atoms with van der Waals surface area (Å²) in [6.07, 6.45) is 1.32. The number of rotatable bonds is 4. The Labute approximate surface area is 161 Å². The fourth-order valence-corrected chi connectivity index (χ4v) is 3.37. The molecule has 130 valence electrons. The van der Waals surface area contributed by atoms with E-state index in [4.69, 9.17) is 23.2 Å². The second kappa shape index (κ2) is 6.98. The van der Waals surface area contributed by atoms with Crippen molar-refractivity contribution in [3.63, 3.8) is 0 Å². The summed E-state index contributed by atoms with van der Waals surface area (Å²) in [5, 5.41) is 4.31. The Kier molecular flexibility index (Phi) is 4.53. The summed E-state index contributed by atoms with van der Waals surface area (Å²) in [5.41, 5.74) is 3.14. The molecule has 26 heavy (non-hydrogen) atoms. The number of amides is 1. The molecule has 0 saturated heterocycles. The molecular weight excluding hydrogens is 369 g/mol. The SMILES string of the molecule is O=C1c2cccnc2[C@H](Nc2ccc(Cl)c(Cl)c2)N1Cc1ccccc1. The van der Waals surface area contributed by atoms with Gasteiger partial charge in [-0.15, -0.1) is 0 Å². The largest absolute Gasteiger partial charge is 0.360 e. The average molecular weight is 384 g/mol. The van der Waals surface area contributed by atoms with Crippen molar-refractivity contribution < 1.29 is 4.79 Å². The fourth-order valence-electron chi connectivity index (χ4n) is 3.07. The lowest BCUT2D eigenvalue weighted by atomic mass is 10.2. The van der Waals surface area contributed by atoms with Gasteiger partial charge < -0.3 is 10.2 Å². The van der Waals surface area contributed by atoms with Crippen LogP contribution in [0.4, 0.5) is 5.69 Å². The average Bonchev–Trinajstić information content (AvgIpc) is 2.92. The summed E-state index contributed by atoms with van der Waals surface area (Å²) >= 11 is 12.1. The third-order valence-corrected chi connectivity index (χ3v) is 5.06. The van der Waals surface area contributed by atoms with E-state index in [9.17, 15) is 4.79 Å². The number of hydrogen-bond acceptors (Lipinski definition) is 3. The van der Waals surface area contributed by atoms with Gasteiger partial charge in [-0.3, -0.25) is 9.78 Å². The molecule has 3 aromatic rings. The van der Waals surface area contributed by atoms with Crippen LogP contribution in [0.15, 0.2) is 66.9 Å². The van der Waals surface area contributed by atoms with Gasteiger partial charge in [-0.25, -0.2) is 0 Å². The van der Waals surface area contributed by atoms with Gasteiger partial charge in [0.05, 0.1) is 21.3 Å². The molecule has 1 aliphatic heterocycles. The van der Waals surface area contributed by atoms with Crippen molar-refractivity contribution in [2.45, 2.75) is 12.7 Å². The fraction of sp³-hybridized carbons (Fsp3) is 0.100. The molecule has 2 aromatic carbocycles. The first-order valence-corrected chi connectivity index (χ1v) is 8.90. The molecule has 0 unspecified atom stereocenters. The molecule has 2 heterocycles. The maximum atomic E-state index is 12.9. The van der Waals surface area contributed by atoms with E-state index in [2.05, 4.69) is 10.3 Å².